The number of anilines is 1. The fourth-order valence-electron chi connectivity index (χ4n) is 1.96. The van der Waals surface area contributed by atoms with Crippen molar-refractivity contribution in [3.05, 3.63) is 29.8 Å². The van der Waals surface area contributed by atoms with Crippen LogP contribution in [0.5, 0.6) is 0 Å². The summed E-state index contributed by atoms with van der Waals surface area (Å²) in [5.41, 5.74) is 2.30. The van der Waals surface area contributed by atoms with E-state index in [4.69, 9.17) is 5.11 Å². The van der Waals surface area contributed by atoms with E-state index < -0.39 is 5.97 Å². The minimum Gasteiger partial charge on any atom is -0.481 e. The van der Waals surface area contributed by atoms with Crippen LogP contribution in [0.2, 0.25) is 0 Å². The molecule has 1 N–H and O–H groups in total. The molecule has 106 valence electrons. The largest absolute Gasteiger partial charge is 0.481 e. The van der Waals surface area contributed by atoms with Gasteiger partial charge in [-0.15, -0.1) is 0 Å². The van der Waals surface area contributed by atoms with Crippen molar-refractivity contribution in [2.24, 2.45) is 5.92 Å². The summed E-state index contributed by atoms with van der Waals surface area (Å²) in [6, 6.07) is 8.11. The van der Waals surface area contributed by atoms with Gasteiger partial charge in [-0.1, -0.05) is 25.1 Å². The second kappa shape index (κ2) is 7.14. The molecule has 4 nitrogen and oxygen atoms in total. The Bertz CT molecular complexity index is 418. The van der Waals surface area contributed by atoms with Gasteiger partial charge < -0.3 is 14.9 Å². The fourth-order valence-corrected chi connectivity index (χ4v) is 1.96. The predicted octanol–water partition coefficient (Wildman–Crippen LogP) is 2.08. The molecule has 1 aromatic rings. The van der Waals surface area contributed by atoms with Crippen LogP contribution in [0.25, 0.3) is 0 Å². The number of aliphatic carboxylic acids is 1. The van der Waals surface area contributed by atoms with Gasteiger partial charge in [-0.05, 0) is 32.6 Å². The molecule has 0 saturated carbocycles. The SMILES string of the molecule is Cc1ccccc1N(CCN(C)C)CC(C)C(=O)O. The minimum atomic E-state index is -0.747. The van der Waals surface area contributed by atoms with E-state index in [1.54, 1.807) is 6.92 Å². The van der Waals surface area contributed by atoms with Crippen LogP contribution in [-0.4, -0.2) is 49.7 Å². The van der Waals surface area contributed by atoms with Crippen LogP contribution in [0.15, 0.2) is 24.3 Å². The molecule has 0 aliphatic carbocycles. The molecule has 0 spiro atoms. The number of likely N-dealkylation sites (N-methyl/N-ethyl adjacent to an activating group) is 1. The van der Waals surface area contributed by atoms with E-state index in [0.717, 1.165) is 18.8 Å². The topological polar surface area (TPSA) is 43.8 Å². The number of carboxylic acid groups (broad SMARTS) is 1. The smallest absolute Gasteiger partial charge is 0.308 e. The predicted molar refractivity (Wildman–Crippen MR) is 78.7 cm³/mol. The molecule has 0 saturated heterocycles. The lowest BCUT2D eigenvalue weighted by atomic mass is 10.1. The number of nitrogens with zero attached hydrogens (tertiary/aromatic N) is 2. The van der Waals surface area contributed by atoms with Crippen molar-refractivity contribution >= 4 is 11.7 Å². The maximum absolute atomic E-state index is 11.1. The first-order chi connectivity index (χ1) is 8.91. The zero-order valence-electron chi connectivity index (χ0n) is 12.3. The Morgan fingerprint density at radius 2 is 1.89 bits per heavy atom. The summed E-state index contributed by atoms with van der Waals surface area (Å²) >= 11 is 0. The average molecular weight is 264 g/mol. The summed E-state index contributed by atoms with van der Waals surface area (Å²) in [6.45, 7) is 6.08. The zero-order chi connectivity index (χ0) is 14.4. The quantitative estimate of drug-likeness (QED) is 0.819. The highest BCUT2D eigenvalue weighted by Crippen LogP contribution is 2.20. The third kappa shape index (κ3) is 4.91. The van der Waals surface area contributed by atoms with Gasteiger partial charge >= 0.3 is 5.97 Å². The summed E-state index contributed by atoms with van der Waals surface area (Å²) in [5.74, 6) is -1.12. The minimum absolute atomic E-state index is 0.373. The lowest BCUT2D eigenvalue weighted by molar-refractivity contribution is -0.140. The molecular formula is C15H24N2O2. The number of hydrogen-bond donors (Lipinski definition) is 1. The molecule has 0 heterocycles. The Hall–Kier alpha value is -1.55. The van der Waals surface area contributed by atoms with Crippen LogP contribution in [-0.2, 0) is 4.79 Å². The van der Waals surface area contributed by atoms with Gasteiger partial charge in [-0.2, -0.15) is 0 Å². The Labute approximate surface area is 115 Å². The number of benzene rings is 1. The van der Waals surface area contributed by atoms with Crippen LogP contribution in [0.1, 0.15) is 12.5 Å². The highest BCUT2D eigenvalue weighted by Gasteiger charge is 2.17. The molecule has 0 aliphatic heterocycles. The molecule has 19 heavy (non-hydrogen) atoms. The van der Waals surface area contributed by atoms with Crippen molar-refractivity contribution in [2.45, 2.75) is 13.8 Å². The van der Waals surface area contributed by atoms with E-state index >= 15 is 0 Å². The van der Waals surface area contributed by atoms with Gasteiger partial charge in [0.05, 0.1) is 5.92 Å². The second-order valence-corrected chi connectivity index (χ2v) is 5.28. The molecule has 0 bridgehead atoms. The molecule has 1 rings (SSSR count). The van der Waals surface area contributed by atoms with Crippen molar-refractivity contribution < 1.29 is 9.90 Å². The van der Waals surface area contributed by atoms with E-state index in [1.807, 2.05) is 26.2 Å². The van der Waals surface area contributed by atoms with E-state index in [1.165, 1.54) is 5.56 Å². The maximum Gasteiger partial charge on any atom is 0.308 e. The van der Waals surface area contributed by atoms with Gasteiger partial charge in [0, 0.05) is 25.3 Å². The molecule has 4 heteroatoms. The van der Waals surface area contributed by atoms with Gasteiger partial charge in [0.15, 0.2) is 0 Å². The number of aryl methyl sites for hydroxylation is 1. The number of para-hydroxylation sites is 1. The molecule has 0 aliphatic rings. The Morgan fingerprint density at radius 1 is 1.26 bits per heavy atom. The molecule has 0 fully saturated rings. The highest BCUT2D eigenvalue weighted by molar-refractivity contribution is 5.70. The fraction of sp³-hybridized carbons (Fsp3) is 0.533. The Balaban J connectivity index is 2.85. The van der Waals surface area contributed by atoms with E-state index in [9.17, 15) is 4.79 Å². The number of hydrogen-bond acceptors (Lipinski definition) is 3. The first-order valence-electron chi connectivity index (χ1n) is 6.60. The van der Waals surface area contributed by atoms with Crippen molar-refractivity contribution in [2.75, 3.05) is 38.6 Å². The van der Waals surface area contributed by atoms with Crippen LogP contribution >= 0.6 is 0 Å². The summed E-state index contributed by atoms with van der Waals surface area (Å²) in [6.07, 6.45) is 0. The third-order valence-electron chi connectivity index (χ3n) is 3.19. The molecule has 0 radical (unpaired) electrons. The van der Waals surface area contributed by atoms with Gasteiger partial charge in [-0.3, -0.25) is 4.79 Å². The first kappa shape index (κ1) is 15.5. The van der Waals surface area contributed by atoms with Crippen molar-refractivity contribution in [1.82, 2.24) is 4.90 Å². The number of rotatable bonds is 7. The lowest BCUT2D eigenvalue weighted by Gasteiger charge is -2.29. The maximum atomic E-state index is 11.1. The van der Waals surface area contributed by atoms with Crippen LogP contribution in [0.4, 0.5) is 5.69 Å². The van der Waals surface area contributed by atoms with Gasteiger partial charge in [0.2, 0.25) is 0 Å². The summed E-state index contributed by atoms with van der Waals surface area (Å²) in [4.78, 5) is 15.3. The summed E-state index contributed by atoms with van der Waals surface area (Å²) in [5, 5.41) is 9.09. The summed E-state index contributed by atoms with van der Waals surface area (Å²) < 4.78 is 0. The van der Waals surface area contributed by atoms with Gasteiger partial charge in [0.1, 0.15) is 0 Å². The first-order valence-corrected chi connectivity index (χ1v) is 6.60. The van der Waals surface area contributed by atoms with E-state index in [2.05, 4.69) is 28.9 Å². The Kier molecular flexibility index (Phi) is 5.83. The van der Waals surface area contributed by atoms with Crippen LogP contribution in [0, 0.1) is 12.8 Å². The van der Waals surface area contributed by atoms with Crippen molar-refractivity contribution in [3.63, 3.8) is 0 Å². The van der Waals surface area contributed by atoms with Gasteiger partial charge in [0.25, 0.3) is 0 Å². The summed E-state index contributed by atoms with van der Waals surface area (Å²) in [7, 11) is 4.05. The lowest BCUT2D eigenvalue weighted by Crippen LogP contribution is -2.37. The monoisotopic (exact) mass is 264 g/mol. The van der Waals surface area contributed by atoms with Gasteiger partial charge in [-0.25, -0.2) is 0 Å². The standard InChI is InChI=1S/C15H24N2O2/c1-12-7-5-6-8-14(12)17(10-9-16(3)4)11-13(2)15(18)19/h5-8,13H,9-11H2,1-4H3,(H,18,19). The normalized spacial score (nSPS) is 12.5. The molecule has 0 amide bonds. The second-order valence-electron chi connectivity index (χ2n) is 5.28. The van der Waals surface area contributed by atoms with E-state index in [0.29, 0.717) is 6.54 Å². The molecule has 0 aromatic heterocycles. The van der Waals surface area contributed by atoms with Crippen molar-refractivity contribution in [1.29, 1.82) is 0 Å². The highest BCUT2D eigenvalue weighted by atomic mass is 16.4. The van der Waals surface area contributed by atoms with Crippen LogP contribution in [0.3, 0.4) is 0 Å². The average Bonchev–Trinajstić information content (AvgIpc) is 2.34. The molecule has 1 unspecified atom stereocenters. The zero-order valence-corrected chi connectivity index (χ0v) is 12.3. The van der Waals surface area contributed by atoms with Crippen molar-refractivity contribution in [3.8, 4) is 0 Å². The van der Waals surface area contributed by atoms with E-state index in [-0.39, 0.29) is 5.92 Å². The number of carboxylic acids is 1. The molecule has 1 aromatic carbocycles. The molecule has 1 atom stereocenters. The third-order valence-corrected chi connectivity index (χ3v) is 3.19. The van der Waals surface area contributed by atoms with Crippen LogP contribution < -0.4 is 4.90 Å². The number of carbonyl (C=O) groups is 1. The Morgan fingerprint density at radius 3 is 2.42 bits per heavy atom. The molecular weight excluding hydrogens is 240 g/mol.